The van der Waals surface area contributed by atoms with Crippen molar-refractivity contribution in [3.8, 4) is 0 Å². The van der Waals surface area contributed by atoms with Gasteiger partial charge in [0.1, 0.15) is 17.5 Å². The minimum absolute atomic E-state index is 0. The Balaban J connectivity index is 0.00000225. The molecule has 0 bridgehead atoms. The van der Waals surface area contributed by atoms with E-state index in [4.69, 9.17) is 5.73 Å². The number of aliphatic carboxylic acids is 1. The summed E-state index contributed by atoms with van der Waals surface area (Å²) in [7, 11) is 0. The number of carbonyl (C=O) groups is 3. The fourth-order valence-electron chi connectivity index (χ4n) is 3.18. The van der Waals surface area contributed by atoms with Crippen molar-refractivity contribution in [2.75, 3.05) is 0 Å². The first-order valence-electron chi connectivity index (χ1n) is 7.56. The van der Waals surface area contributed by atoms with Crippen molar-refractivity contribution in [3.63, 3.8) is 0 Å². The molecule has 2 fully saturated rings. The van der Waals surface area contributed by atoms with Gasteiger partial charge in [0, 0.05) is 4.75 Å². The van der Waals surface area contributed by atoms with Crippen LogP contribution in [0.15, 0.2) is 30.3 Å². The van der Waals surface area contributed by atoms with E-state index in [-0.39, 0.29) is 29.6 Å². The molecule has 4 atom stereocenters. The van der Waals surface area contributed by atoms with E-state index in [1.54, 1.807) is 38.1 Å². The molecular formula is C16H18N3NaO4S. The predicted octanol–water partition coefficient (Wildman–Crippen LogP) is -4.01. The zero-order chi connectivity index (χ0) is 17.6. The molecule has 1 aromatic rings. The molecule has 7 nitrogen and oxygen atoms in total. The van der Waals surface area contributed by atoms with E-state index in [1.807, 2.05) is 6.07 Å². The number of rotatable bonds is 4. The van der Waals surface area contributed by atoms with Crippen LogP contribution in [0.1, 0.15) is 25.5 Å². The maximum Gasteiger partial charge on any atom is 1.00 e. The molecule has 1 unspecified atom stereocenters. The SMILES string of the molecule is CC1(C)S[C@H]2[C@H](NC(=O)C(N)c3ccccc3)C(=O)N2[C@H]1C(=O)[O-].[Na+]. The maximum absolute atomic E-state index is 12.3. The molecule has 3 rings (SSSR count). The second kappa shape index (κ2) is 7.28. The van der Waals surface area contributed by atoms with Crippen molar-refractivity contribution in [1.29, 1.82) is 0 Å². The van der Waals surface area contributed by atoms with Gasteiger partial charge in [-0.2, -0.15) is 0 Å². The minimum atomic E-state index is -1.28. The normalized spacial score (nSPS) is 27.6. The minimum Gasteiger partial charge on any atom is -0.548 e. The number of β-lactam (4-membered cyclic amide) rings is 1. The fourth-order valence-corrected chi connectivity index (χ4v) is 4.80. The van der Waals surface area contributed by atoms with Crippen molar-refractivity contribution in [1.82, 2.24) is 10.2 Å². The van der Waals surface area contributed by atoms with Crippen LogP contribution in [-0.2, 0) is 14.4 Å². The van der Waals surface area contributed by atoms with E-state index in [0.717, 1.165) is 0 Å². The van der Waals surface area contributed by atoms with Gasteiger partial charge >= 0.3 is 29.6 Å². The third kappa shape index (κ3) is 3.46. The summed E-state index contributed by atoms with van der Waals surface area (Å²) in [5, 5.41) is 13.6. The molecule has 1 aromatic carbocycles. The van der Waals surface area contributed by atoms with Gasteiger partial charge in [0.05, 0.1) is 12.0 Å². The van der Waals surface area contributed by atoms with Crippen molar-refractivity contribution in [3.05, 3.63) is 35.9 Å². The Kier molecular flexibility index (Phi) is 5.90. The first-order chi connectivity index (χ1) is 11.2. The number of fused-ring (bicyclic) bond motifs is 1. The quantitative estimate of drug-likeness (QED) is 0.412. The van der Waals surface area contributed by atoms with E-state index in [0.29, 0.717) is 5.56 Å². The monoisotopic (exact) mass is 371 g/mol. The number of carboxylic acid groups (broad SMARTS) is 1. The summed E-state index contributed by atoms with van der Waals surface area (Å²) in [6, 6.07) is 6.19. The Morgan fingerprint density at radius 2 is 1.92 bits per heavy atom. The van der Waals surface area contributed by atoms with Gasteiger partial charge < -0.3 is 25.9 Å². The number of hydrogen-bond acceptors (Lipinski definition) is 6. The van der Waals surface area contributed by atoms with Gasteiger partial charge in [-0.3, -0.25) is 9.59 Å². The van der Waals surface area contributed by atoms with Crippen LogP contribution >= 0.6 is 11.8 Å². The van der Waals surface area contributed by atoms with Gasteiger partial charge in [0.25, 0.3) is 0 Å². The number of nitrogens with one attached hydrogen (secondary N) is 1. The average molecular weight is 371 g/mol. The van der Waals surface area contributed by atoms with E-state index in [2.05, 4.69) is 5.32 Å². The number of thioether (sulfide) groups is 1. The van der Waals surface area contributed by atoms with Crippen LogP contribution in [0.4, 0.5) is 0 Å². The second-order valence-electron chi connectivity index (χ2n) is 6.45. The summed E-state index contributed by atoms with van der Waals surface area (Å²) in [4.78, 5) is 37.2. The summed E-state index contributed by atoms with van der Waals surface area (Å²) in [6.07, 6.45) is 0. The third-order valence-corrected chi connectivity index (χ3v) is 5.97. The van der Waals surface area contributed by atoms with Crippen molar-refractivity contribution in [2.45, 2.75) is 42.1 Å². The van der Waals surface area contributed by atoms with Gasteiger partial charge in [-0.15, -0.1) is 11.8 Å². The molecule has 2 amide bonds. The number of nitrogens with zero attached hydrogens (tertiary/aromatic N) is 1. The molecule has 0 radical (unpaired) electrons. The van der Waals surface area contributed by atoms with Crippen LogP contribution in [-0.4, -0.2) is 44.9 Å². The van der Waals surface area contributed by atoms with Crippen LogP contribution < -0.4 is 45.7 Å². The average Bonchev–Trinajstić information content (AvgIpc) is 2.80. The van der Waals surface area contributed by atoms with Gasteiger partial charge in [0.15, 0.2) is 0 Å². The number of amides is 2. The molecule has 2 aliphatic rings. The first kappa shape index (κ1) is 20.3. The Labute approximate surface area is 172 Å². The van der Waals surface area contributed by atoms with Gasteiger partial charge in [-0.1, -0.05) is 30.3 Å². The molecule has 0 saturated carbocycles. The van der Waals surface area contributed by atoms with Crippen LogP contribution in [0.5, 0.6) is 0 Å². The smallest absolute Gasteiger partial charge is 0.548 e. The topological polar surface area (TPSA) is 116 Å². The van der Waals surface area contributed by atoms with Crippen LogP contribution in [0.25, 0.3) is 0 Å². The van der Waals surface area contributed by atoms with E-state index in [1.165, 1.54) is 16.7 Å². The zero-order valence-corrected chi connectivity index (χ0v) is 17.1. The van der Waals surface area contributed by atoms with Crippen LogP contribution in [0.2, 0.25) is 0 Å². The predicted molar refractivity (Wildman–Crippen MR) is 86.4 cm³/mol. The summed E-state index contributed by atoms with van der Waals surface area (Å²) < 4.78 is -0.680. The molecule has 128 valence electrons. The number of carboxylic acids is 1. The van der Waals surface area contributed by atoms with Gasteiger partial charge in [-0.05, 0) is 19.4 Å². The maximum atomic E-state index is 12.3. The Bertz CT molecular complexity index is 700. The molecule has 2 saturated heterocycles. The van der Waals surface area contributed by atoms with E-state index in [9.17, 15) is 19.5 Å². The van der Waals surface area contributed by atoms with Gasteiger partial charge in [-0.25, -0.2) is 0 Å². The van der Waals surface area contributed by atoms with E-state index < -0.39 is 46.0 Å². The van der Waals surface area contributed by atoms with Crippen LogP contribution in [0, 0.1) is 0 Å². The summed E-state index contributed by atoms with van der Waals surface area (Å²) >= 11 is 1.34. The summed E-state index contributed by atoms with van der Waals surface area (Å²) in [6.45, 7) is 3.50. The number of hydrogen-bond donors (Lipinski definition) is 2. The third-order valence-electron chi connectivity index (χ3n) is 4.40. The molecule has 3 N–H and O–H groups in total. The number of carbonyl (C=O) groups excluding carboxylic acids is 3. The molecule has 2 heterocycles. The second-order valence-corrected chi connectivity index (χ2v) is 8.22. The first-order valence-corrected chi connectivity index (χ1v) is 8.44. The van der Waals surface area contributed by atoms with Crippen molar-refractivity contribution in [2.24, 2.45) is 5.73 Å². The molecule has 25 heavy (non-hydrogen) atoms. The summed E-state index contributed by atoms with van der Waals surface area (Å²) in [5.74, 6) is -2.16. The number of nitrogens with two attached hydrogens (primary N) is 1. The molecule has 0 aliphatic carbocycles. The van der Waals surface area contributed by atoms with Crippen molar-refractivity contribution < 1.29 is 49.0 Å². The van der Waals surface area contributed by atoms with Crippen LogP contribution in [0.3, 0.4) is 0 Å². The number of benzene rings is 1. The van der Waals surface area contributed by atoms with Gasteiger partial charge in [0.2, 0.25) is 11.8 Å². The molecule has 2 aliphatic heterocycles. The summed E-state index contributed by atoms with van der Waals surface area (Å²) in [5.41, 5.74) is 6.57. The molecule has 0 spiro atoms. The van der Waals surface area contributed by atoms with E-state index >= 15 is 0 Å². The van der Waals surface area contributed by atoms with Crippen molar-refractivity contribution >= 4 is 29.5 Å². The molecule has 0 aromatic heterocycles. The molecular weight excluding hydrogens is 353 g/mol. The Hall–Kier alpha value is -1.06. The zero-order valence-electron chi connectivity index (χ0n) is 14.3. The Morgan fingerprint density at radius 1 is 1.32 bits per heavy atom. The largest absolute Gasteiger partial charge is 1.00 e. The molecule has 9 heteroatoms. The standard InChI is InChI=1S/C16H19N3O4S.Na/c1-16(2)11(15(22)23)19-13(21)10(14(19)24-16)18-12(20)9(17)8-6-4-3-5-7-8;/h3-7,9-11,14H,17H2,1-2H3,(H,18,20)(H,22,23);/q;+1/p-1/t9?,10-,11+,14+;/m1./s1. The Morgan fingerprint density at radius 3 is 2.48 bits per heavy atom. The fraction of sp³-hybridized carbons (Fsp3) is 0.438.